The minimum absolute atomic E-state index is 0.000660. The fourth-order valence-corrected chi connectivity index (χ4v) is 4.87. The highest BCUT2D eigenvalue weighted by Crippen LogP contribution is 2.35. The summed E-state index contributed by atoms with van der Waals surface area (Å²) >= 11 is 1.60. The van der Waals surface area contributed by atoms with E-state index in [1.54, 1.807) is 11.3 Å². The van der Waals surface area contributed by atoms with Crippen LogP contribution in [-0.4, -0.2) is 45.9 Å². The van der Waals surface area contributed by atoms with Crippen LogP contribution in [0.5, 0.6) is 0 Å². The fourth-order valence-electron chi connectivity index (χ4n) is 3.53. The topological polar surface area (TPSA) is 84.3 Å². The lowest BCUT2D eigenvalue weighted by Gasteiger charge is -2.20. The van der Waals surface area contributed by atoms with E-state index in [0.717, 1.165) is 29.7 Å². The van der Waals surface area contributed by atoms with E-state index in [9.17, 15) is 14.4 Å². The maximum absolute atomic E-state index is 13.0. The molecule has 1 N–H and O–H groups in total. The first kappa shape index (κ1) is 19.5. The van der Waals surface area contributed by atoms with Crippen molar-refractivity contribution in [3.8, 4) is 0 Å². The summed E-state index contributed by atoms with van der Waals surface area (Å²) in [4.78, 5) is 45.3. The average Bonchev–Trinajstić information content (AvgIpc) is 3.00. The first-order valence-corrected chi connectivity index (χ1v) is 10.3. The Hall–Kier alpha value is -2.22. The fraction of sp³-hybridized carbons (Fsp3) is 0.579. The predicted molar refractivity (Wildman–Crippen MR) is 106 cm³/mol. The molecular formula is C19H26N4O3S. The SMILES string of the molecule is CCNC(=O)CN(CC)C(=O)Cn1cnc2sc3c(c2c1=O)CC[C@H](C)C3. The van der Waals surface area contributed by atoms with Crippen molar-refractivity contribution in [2.45, 2.75) is 46.6 Å². The predicted octanol–water partition coefficient (Wildman–Crippen LogP) is 1.57. The van der Waals surface area contributed by atoms with Crippen molar-refractivity contribution in [2.24, 2.45) is 5.92 Å². The van der Waals surface area contributed by atoms with Crippen LogP contribution in [0.15, 0.2) is 11.1 Å². The van der Waals surface area contributed by atoms with Gasteiger partial charge in [-0.2, -0.15) is 0 Å². The van der Waals surface area contributed by atoms with E-state index in [2.05, 4.69) is 17.2 Å². The largest absolute Gasteiger partial charge is 0.355 e. The molecule has 0 bridgehead atoms. The maximum atomic E-state index is 13.0. The Kier molecular flexibility index (Phi) is 5.94. The highest BCUT2D eigenvalue weighted by atomic mass is 32.1. The molecule has 0 spiro atoms. The second-order valence-electron chi connectivity index (χ2n) is 7.07. The maximum Gasteiger partial charge on any atom is 0.262 e. The first-order valence-electron chi connectivity index (χ1n) is 9.48. The molecule has 0 radical (unpaired) electrons. The van der Waals surface area contributed by atoms with Crippen molar-refractivity contribution >= 4 is 33.4 Å². The molecule has 27 heavy (non-hydrogen) atoms. The monoisotopic (exact) mass is 390 g/mol. The summed E-state index contributed by atoms with van der Waals surface area (Å²) in [5.41, 5.74) is 0.955. The molecule has 0 fully saturated rings. The van der Waals surface area contributed by atoms with Crippen LogP contribution in [0.25, 0.3) is 10.2 Å². The molecule has 8 heteroatoms. The molecule has 2 amide bonds. The lowest BCUT2D eigenvalue weighted by atomic mass is 9.89. The summed E-state index contributed by atoms with van der Waals surface area (Å²) in [5, 5.41) is 3.36. The third kappa shape index (κ3) is 4.05. The van der Waals surface area contributed by atoms with Gasteiger partial charge in [-0.05, 0) is 44.6 Å². The molecule has 0 saturated heterocycles. The molecule has 0 saturated carbocycles. The van der Waals surface area contributed by atoms with E-state index in [-0.39, 0.29) is 30.5 Å². The van der Waals surface area contributed by atoms with Gasteiger partial charge >= 0.3 is 0 Å². The summed E-state index contributed by atoms with van der Waals surface area (Å²) in [5.74, 6) is 0.168. The van der Waals surface area contributed by atoms with E-state index in [0.29, 0.717) is 24.4 Å². The van der Waals surface area contributed by atoms with Gasteiger partial charge in [0.25, 0.3) is 5.56 Å². The zero-order chi connectivity index (χ0) is 19.6. The van der Waals surface area contributed by atoms with Gasteiger partial charge in [0.2, 0.25) is 11.8 Å². The quantitative estimate of drug-likeness (QED) is 0.811. The van der Waals surface area contributed by atoms with Crippen LogP contribution in [0.4, 0.5) is 0 Å². The number of carbonyl (C=O) groups excluding carboxylic acids is 2. The standard InChI is InChI=1S/C19H26N4O3S/c1-4-20-15(24)9-22(5-2)16(25)10-23-11-21-18-17(19(23)26)13-7-6-12(3)8-14(13)27-18/h11-12H,4-10H2,1-3H3,(H,20,24)/t12-/m0/s1. The molecule has 1 aliphatic rings. The van der Waals surface area contributed by atoms with Crippen LogP contribution in [0.1, 0.15) is 37.6 Å². The Bertz CT molecular complexity index is 918. The summed E-state index contributed by atoms with van der Waals surface area (Å²) in [7, 11) is 0. The summed E-state index contributed by atoms with van der Waals surface area (Å²) in [6, 6.07) is 0. The minimum Gasteiger partial charge on any atom is -0.355 e. The third-order valence-electron chi connectivity index (χ3n) is 5.03. The molecule has 2 heterocycles. The van der Waals surface area contributed by atoms with Gasteiger partial charge in [0.15, 0.2) is 0 Å². The van der Waals surface area contributed by atoms with E-state index in [1.165, 1.54) is 20.7 Å². The number of carbonyl (C=O) groups is 2. The summed E-state index contributed by atoms with van der Waals surface area (Å²) in [6.07, 6.45) is 4.41. The normalized spacial score (nSPS) is 16.2. The Balaban J connectivity index is 1.84. The number of rotatable bonds is 6. The highest BCUT2D eigenvalue weighted by molar-refractivity contribution is 7.18. The van der Waals surface area contributed by atoms with Gasteiger partial charge in [-0.1, -0.05) is 6.92 Å². The lowest BCUT2D eigenvalue weighted by Crippen LogP contribution is -2.43. The van der Waals surface area contributed by atoms with E-state index in [1.807, 2.05) is 13.8 Å². The molecule has 1 aliphatic carbocycles. The van der Waals surface area contributed by atoms with Crippen molar-refractivity contribution in [2.75, 3.05) is 19.6 Å². The van der Waals surface area contributed by atoms with Crippen LogP contribution in [0.2, 0.25) is 0 Å². The zero-order valence-corrected chi connectivity index (χ0v) is 16.9. The number of likely N-dealkylation sites (N-methyl/N-ethyl adjacent to an activating group) is 2. The van der Waals surface area contributed by atoms with Gasteiger partial charge < -0.3 is 10.2 Å². The molecule has 146 valence electrons. The second-order valence-corrected chi connectivity index (χ2v) is 8.15. The van der Waals surface area contributed by atoms with Gasteiger partial charge in [0, 0.05) is 18.0 Å². The van der Waals surface area contributed by atoms with Gasteiger partial charge in [0.1, 0.15) is 11.4 Å². The van der Waals surface area contributed by atoms with Crippen molar-refractivity contribution in [3.05, 3.63) is 27.1 Å². The number of hydrogen-bond acceptors (Lipinski definition) is 5. The van der Waals surface area contributed by atoms with Crippen LogP contribution >= 0.6 is 11.3 Å². The number of fused-ring (bicyclic) bond motifs is 3. The summed E-state index contributed by atoms with van der Waals surface area (Å²) < 4.78 is 1.37. The Labute approximate surface area is 162 Å². The van der Waals surface area contributed by atoms with E-state index >= 15 is 0 Å². The van der Waals surface area contributed by atoms with Crippen LogP contribution in [-0.2, 0) is 29.0 Å². The Morgan fingerprint density at radius 1 is 1.41 bits per heavy atom. The number of aryl methyl sites for hydroxylation is 1. The Morgan fingerprint density at radius 3 is 2.89 bits per heavy atom. The van der Waals surface area contributed by atoms with Crippen molar-refractivity contribution < 1.29 is 9.59 Å². The van der Waals surface area contributed by atoms with Crippen molar-refractivity contribution in [3.63, 3.8) is 0 Å². The molecule has 0 aliphatic heterocycles. The third-order valence-corrected chi connectivity index (χ3v) is 6.19. The molecule has 2 aromatic heterocycles. The number of amides is 2. The zero-order valence-electron chi connectivity index (χ0n) is 16.1. The van der Waals surface area contributed by atoms with Crippen LogP contribution in [0, 0.1) is 5.92 Å². The molecule has 0 aromatic carbocycles. The van der Waals surface area contributed by atoms with Gasteiger partial charge in [-0.25, -0.2) is 4.98 Å². The van der Waals surface area contributed by atoms with E-state index < -0.39 is 0 Å². The van der Waals surface area contributed by atoms with Crippen molar-refractivity contribution in [1.29, 1.82) is 0 Å². The lowest BCUT2D eigenvalue weighted by molar-refractivity contribution is -0.136. The highest BCUT2D eigenvalue weighted by Gasteiger charge is 2.24. The average molecular weight is 391 g/mol. The van der Waals surface area contributed by atoms with Gasteiger partial charge in [-0.15, -0.1) is 11.3 Å². The first-order chi connectivity index (χ1) is 12.9. The van der Waals surface area contributed by atoms with Crippen LogP contribution in [0.3, 0.4) is 0 Å². The van der Waals surface area contributed by atoms with Gasteiger partial charge in [-0.3, -0.25) is 19.0 Å². The van der Waals surface area contributed by atoms with E-state index in [4.69, 9.17) is 0 Å². The number of aromatic nitrogens is 2. The minimum atomic E-state index is -0.260. The molecule has 3 rings (SSSR count). The molecule has 1 atom stereocenters. The molecule has 0 unspecified atom stereocenters. The number of nitrogens with zero attached hydrogens (tertiary/aromatic N) is 3. The summed E-state index contributed by atoms with van der Waals surface area (Å²) in [6.45, 7) is 6.70. The van der Waals surface area contributed by atoms with Crippen LogP contribution < -0.4 is 10.9 Å². The smallest absolute Gasteiger partial charge is 0.262 e. The van der Waals surface area contributed by atoms with Gasteiger partial charge in [0.05, 0.1) is 18.3 Å². The molecule has 2 aromatic rings. The molecule has 7 nitrogen and oxygen atoms in total. The number of nitrogens with one attached hydrogen (secondary N) is 1. The Morgan fingerprint density at radius 2 is 2.19 bits per heavy atom. The number of thiophene rings is 1. The second kappa shape index (κ2) is 8.21. The van der Waals surface area contributed by atoms with Crippen molar-refractivity contribution in [1.82, 2.24) is 19.8 Å². The molecular weight excluding hydrogens is 364 g/mol. The number of hydrogen-bond donors (Lipinski definition) is 1.